The highest BCUT2D eigenvalue weighted by Crippen LogP contribution is 2.28. The van der Waals surface area contributed by atoms with Crippen LogP contribution in [0.3, 0.4) is 0 Å². The normalized spacial score (nSPS) is 10.6. The van der Waals surface area contributed by atoms with Crippen LogP contribution in [-0.2, 0) is 12.3 Å². The van der Waals surface area contributed by atoms with E-state index in [9.17, 15) is 4.39 Å². The number of benzene rings is 2. The van der Waals surface area contributed by atoms with Crippen LogP contribution < -0.4 is 5.73 Å². The van der Waals surface area contributed by atoms with Crippen LogP contribution in [0.25, 0.3) is 0 Å². The van der Waals surface area contributed by atoms with Gasteiger partial charge in [0.15, 0.2) is 0 Å². The smallest absolute Gasteiger partial charge is 0.128 e. The molecule has 1 nitrogen and oxygen atoms in total. The monoisotopic (exact) mass is 281 g/mol. The molecule has 2 N–H and O–H groups in total. The molecule has 0 aliphatic rings. The third-order valence-corrected chi connectivity index (χ3v) is 4.00. The van der Waals surface area contributed by atoms with E-state index in [1.54, 1.807) is 23.9 Å². The molecule has 0 spiro atoms. The molecular weight excluding hydrogens is 269 g/mol. The molecule has 4 heteroatoms. The van der Waals surface area contributed by atoms with Crippen LogP contribution in [0.2, 0.25) is 5.02 Å². The van der Waals surface area contributed by atoms with E-state index in [0.29, 0.717) is 22.9 Å². The summed E-state index contributed by atoms with van der Waals surface area (Å²) in [4.78, 5) is 1.08. The van der Waals surface area contributed by atoms with E-state index in [4.69, 9.17) is 17.3 Å². The van der Waals surface area contributed by atoms with Gasteiger partial charge in [-0.1, -0.05) is 29.8 Å². The quantitative estimate of drug-likeness (QED) is 0.849. The molecule has 0 aliphatic heterocycles. The fourth-order valence-electron chi connectivity index (χ4n) is 1.55. The van der Waals surface area contributed by atoms with Crippen LogP contribution in [0.5, 0.6) is 0 Å². The van der Waals surface area contributed by atoms with Crippen molar-refractivity contribution in [3.05, 3.63) is 64.4 Å². The predicted octanol–water partition coefficient (Wildman–Crippen LogP) is 4.23. The number of thioether (sulfide) groups is 1. The summed E-state index contributed by atoms with van der Waals surface area (Å²) in [6.45, 7) is 0.532. The van der Waals surface area contributed by atoms with E-state index < -0.39 is 0 Å². The second-order valence-electron chi connectivity index (χ2n) is 3.84. The molecule has 2 aromatic rings. The third kappa shape index (κ3) is 3.25. The molecule has 0 aliphatic carbocycles. The largest absolute Gasteiger partial charge is 0.326 e. The van der Waals surface area contributed by atoms with Crippen LogP contribution in [0.4, 0.5) is 4.39 Å². The molecule has 0 saturated carbocycles. The molecule has 0 heterocycles. The fraction of sp³-hybridized carbons (Fsp3) is 0.143. The van der Waals surface area contributed by atoms with Gasteiger partial charge in [-0.2, -0.15) is 0 Å². The topological polar surface area (TPSA) is 26.0 Å². The summed E-state index contributed by atoms with van der Waals surface area (Å²) in [6.07, 6.45) is 0. The molecule has 0 saturated heterocycles. The molecule has 0 radical (unpaired) electrons. The second kappa shape index (κ2) is 6.23. The van der Waals surface area contributed by atoms with E-state index in [2.05, 4.69) is 0 Å². The molecular formula is C14H13ClFNS. The van der Waals surface area contributed by atoms with Gasteiger partial charge in [0.2, 0.25) is 0 Å². The van der Waals surface area contributed by atoms with Gasteiger partial charge in [0.25, 0.3) is 0 Å². The first-order valence-corrected chi connectivity index (χ1v) is 6.92. The van der Waals surface area contributed by atoms with E-state index >= 15 is 0 Å². The van der Waals surface area contributed by atoms with Crippen molar-refractivity contribution in [3.63, 3.8) is 0 Å². The lowest BCUT2D eigenvalue weighted by Crippen LogP contribution is -1.95. The van der Waals surface area contributed by atoms with Gasteiger partial charge in [0.1, 0.15) is 5.82 Å². The lowest BCUT2D eigenvalue weighted by molar-refractivity contribution is 0.617. The molecule has 0 fully saturated rings. The van der Waals surface area contributed by atoms with Gasteiger partial charge in [-0.25, -0.2) is 4.39 Å². The molecule has 94 valence electrons. The van der Waals surface area contributed by atoms with Gasteiger partial charge in [-0.05, 0) is 29.8 Å². The Kier molecular flexibility index (Phi) is 4.64. The number of halogens is 2. The summed E-state index contributed by atoms with van der Waals surface area (Å²) in [5.41, 5.74) is 7.17. The molecule has 0 bridgehead atoms. The maximum absolute atomic E-state index is 13.6. The van der Waals surface area contributed by atoms with Crippen LogP contribution in [0.15, 0.2) is 47.4 Å². The highest BCUT2D eigenvalue weighted by atomic mass is 35.5. The minimum atomic E-state index is -0.256. The highest BCUT2D eigenvalue weighted by molar-refractivity contribution is 7.98. The van der Waals surface area contributed by atoms with E-state index in [1.807, 2.05) is 24.3 Å². The summed E-state index contributed by atoms with van der Waals surface area (Å²) >= 11 is 7.53. The maximum atomic E-state index is 13.6. The molecule has 2 aromatic carbocycles. The van der Waals surface area contributed by atoms with Crippen LogP contribution in [0, 0.1) is 5.82 Å². The summed E-state index contributed by atoms with van der Waals surface area (Å²) in [7, 11) is 0. The molecule has 0 amide bonds. The first kappa shape index (κ1) is 13.4. The minimum Gasteiger partial charge on any atom is -0.326 e. The van der Waals surface area contributed by atoms with Crippen LogP contribution >= 0.6 is 23.4 Å². The Morgan fingerprint density at radius 3 is 2.44 bits per heavy atom. The Morgan fingerprint density at radius 1 is 1.11 bits per heavy atom. The average molecular weight is 282 g/mol. The van der Waals surface area contributed by atoms with Crippen molar-refractivity contribution in [1.29, 1.82) is 0 Å². The van der Waals surface area contributed by atoms with Crippen molar-refractivity contribution in [2.45, 2.75) is 17.2 Å². The number of hydrogen-bond acceptors (Lipinski definition) is 2. The van der Waals surface area contributed by atoms with Gasteiger partial charge in [-0.15, -0.1) is 11.8 Å². The Morgan fingerprint density at radius 2 is 1.83 bits per heavy atom. The summed E-state index contributed by atoms with van der Waals surface area (Å²) in [6, 6.07) is 12.7. The Hall–Kier alpha value is -1.03. The zero-order valence-electron chi connectivity index (χ0n) is 9.70. The lowest BCUT2D eigenvalue weighted by atomic mass is 10.2. The average Bonchev–Trinajstić information content (AvgIpc) is 2.39. The second-order valence-corrected chi connectivity index (χ2v) is 5.29. The minimum absolute atomic E-state index is 0.256. The number of rotatable bonds is 4. The Labute approximate surface area is 115 Å². The lowest BCUT2D eigenvalue weighted by Gasteiger charge is -2.06. The zero-order valence-corrected chi connectivity index (χ0v) is 11.3. The number of hydrogen-bond donors (Lipinski definition) is 1. The van der Waals surface area contributed by atoms with Crippen LogP contribution in [0.1, 0.15) is 11.1 Å². The van der Waals surface area contributed by atoms with Crippen molar-refractivity contribution < 1.29 is 4.39 Å². The van der Waals surface area contributed by atoms with Gasteiger partial charge in [0.05, 0.1) is 0 Å². The number of nitrogens with two attached hydrogens (primary N) is 1. The molecule has 0 unspecified atom stereocenters. The third-order valence-electron chi connectivity index (χ3n) is 2.60. The van der Waals surface area contributed by atoms with Crippen molar-refractivity contribution in [2.24, 2.45) is 5.73 Å². The van der Waals surface area contributed by atoms with Gasteiger partial charge in [-0.3, -0.25) is 0 Å². The van der Waals surface area contributed by atoms with Gasteiger partial charge >= 0.3 is 0 Å². The first-order valence-electron chi connectivity index (χ1n) is 5.55. The molecule has 0 aromatic heterocycles. The van der Waals surface area contributed by atoms with E-state index in [0.717, 1.165) is 10.5 Å². The fourth-order valence-corrected chi connectivity index (χ4v) is 2.79. The summed E-state index contributed by atoms with van der Waals surface area (Å²) in [5.74, 6) is 0.265. The molecule has 0 atom stereocenters. The standard InChI is InChI=1S/C14H13ClFNS/c15-13-2-1-3-14(16)12(13)9-18-11-6-4-10(8-17)5-7-11/h1-7H,8-9,17H2. The Bertz CT molecular complexity index is 508. The van der Waals surface area contributed by atoms with Crippen LogP contribution in [-0.4, -0.2) is 0 Å². The predicted molar refractivity (Wildman–Crippen MR) is 75.3 cm³/mol. The van der Waals surface area contributed by atoms with Crippen molar-refractivity contribution >= 4 is 23.4 Å². The van der Waals surface area contributed by atoms with E-state index in [-0.39, 0.29) is 5.82 Å². The van der Waals surface area contributed by atoms with Crippen molar-refractivity contribution in [1.82, 2.24) is 0 Å². The molecule has 2 rings (SSSR count). The molecule has 18 heavy (non-hydrogen) atoms. The van der Waals surface area contributed by atoms with Gasteiger partial charge in [0, 0.05) is 27.8 Å². The van der Waals surface area contributed by atoms with Crippen molar-refractivity contribution in [2.75, 3.05) is 0 Å². The SMILES string of the molecule is NCc1ccc(SCc2c(F)cccc2Cl)cc1. The van der Waals surface area contributed by atoms with Gasteiger partial charge < -0.3 is 5.73 Å². The summed E-state index contributed by atoms with van der Waals surface area (Å²) in [5, 5.41) is 0.473. The van der Waals surface area contributed by atoms with Crippen molar-refractivity contribution in [3.8, 4) is 0 Å². The highest BCUT2D eigenvalue weighted by Gasteiger charge is 2.07. The summed E-state index contributed by atoms with van der Waals surface area (Å²) < 4.78 is 13.6. The zero-order chi connectivity index (χ0) is 13.0. The maximum Gasteiger partial charge on any atom is 0.128 e. The van der Waals surface area contributed by atoms with E-state index in [1.165, 1.54) is 6.07 Å². The Balaban J connectivity index is 2.06. The first-order chi connectivity index (χ1) is 8.70.